The number of ether oxygens (including phenoxy) is 1. The number of aromatic nitrogens is 1. The molecule has 0 aliphatic carbocycles. The number of carboxylic acids is 1. The van der Waals surface area contributed by atoms with Crippen molar-refractivity contribution in [1.29, 1.82) is 0 Å². The highest BCUT2D eigenvalue weighted by molar-refractivity contribution is 7.92. The third kappa shape index (κ3) is 3.70. The van der Waals surface area contributed by atoms with Crippen LogP contribution in [0, 0.1) is 18.8 Å². The van der Waals surface area contributed by atoms with E-state index in [9.17, 15) is 23.1 Å². The van der Waals surface area contributed by atoms with Crippen LogP contribution in [0.25, 0.3) is 0 Å². The van der Waals surface area contributed by atoms with E-state index in [2.05, 4.69) is 15.2 Å². The first-order valence-electron chi connectivity index (χ1n) is 9.00. The van der Waals surface area contributed by atoms with Crippen molar-refractivity contribution in [2.24, 2.45) is 11.8 Å². The number of hydrogen-bond donors (Lipinski definition) is 3. The van der Waals surface area contributed by atoms with Crippen molar-refractivity contribution in [2.75, 3.05) is 10.0 Å². The van der Waals surface area contributed by atoms with E-state index in [1.54, 1.807) is 6.92 Å². The molecule has 1 amide bonds. The number of carboxylic acid groups (broad SMARTS) is 1. The van der Waals surface area contributed by atoms with Crippen LogP contribution in [0.5, 0.6) is 0 Å². The molecular formula is C18H19N3O7S. The van der Waals surface area contributed by atoms with Crippen molar-refractivity contribution >= 4 is 33.4 Å². The van der Waals surface area contributed by atoms with Crippen molar-refractivity contribution in [3.8, 4) is 0 Å². The zero-order valence-corrected chi connectivity index (χ0v) is 16.2. The lowest BCUT2D eigenvalue weighted by molar-refractivity contribution is -0.147. The number of anilines is 2. The number of hydrogen-bond acceptors (Lipinski definition) is 7. The number of sulfonamides is 1. The molecule has 0 saturated carbocycles. The highest BCUT2D eigenvalue weighted by atomic mass is 32.2. The van der Waals surface area contributed by atoms with Crippen molar-refractivity contribution in [3.05, 3.63) is 36.1 Å². The molecule has 1 aromatic carbocycles. The minimum atomic E-state index is -3.87. The van der Waals surface area contributed by atoms with Crippen LogP contribution in [0.15, 0.2) is 39.8 Å². The Bertz CT molecular complexity index is 1050. The molecule has 2 aliphatic rings. The maximum Gasteiger partial charge on any atom is 0.310 e. The van der Waals surface area contributed by atoms with Crippen LogP contribution in [-0.4, -0.2) is 42.8 Å². The van der Waals surface area contributed by atoms with Crippen molar-refractivity contribution < 1.29 is 32.4 Å². The fourth-order valence-electron chi connectivity index (χ4n) is 3.88. The molecular weight excluding hydrogens is 402 g/mol. The van der Waals surface area contributed by atoms with Crippen LogP contribution < -0.4 is 10.0 Å². The van der Waals surface area contributed by atoms with E-state index in [1.807, 2.05) is 0 Å². The Morgan fingerprint density at radius 2 is 1.79 bits per heavy atom. The summed E-state index contributed by atoms with van der Waals surface area (Å²) in [6, 6.07) is 6.98. The second kappa shape index (κ2) is 7.16. The molecule has 2 bridgehead atoms. The van der Waals surface area contributed by atoms with Gasteiger partial charge in [-0.25, -0.2) is 8.42 Å². The number of carbonyl (C=O) groups is 2. The van der Waals surface area contributed by atoms with Gasteiger partial charge in [-0.15, -0.1) is 0 Å². The molecule has 3 heterocycles. The summed E-state index contributed by atoms with van der Waals surface area (Å²) in [5.41, 5.74) is 0.359. The number of nitrogens with one attached hydrogen (secondary N) is 2. The lowest BCUT2D eigenvalue weighted by Gasteiger charge is -2.23. The minimum absolute atomic E-state index is 0.0252. The molecule has 2 aliphatic heterocycles. The van der Waals surface area contributed by atoms with Gasteiger partial charge in [0.15, 0.2) is 5.82 Å². The molecule has 4 atom stereocenters. The molecule has 154 valence electrons. The third-order valence-electron chi connectivity index (χ3n) is 5.16. The van der Waals surface area contributed by atoms with Gasteiger partial charge in [0.05, 0.1) is 28.9 Å². The molecule has 11 heteroatoms. The van der Waals surface area contributed by atoms with Gasteiger partial charge in [-0.3, -0.25) is 14.3 Å². The third-order valence-corrected chi connectivity index (χ3v) is 6.53. The van der Waals surface area contributed by atoms with Crippen LogP contribution in [0.2, 0.25) is 0 Å². The number of aliphatic carboxylic acids is 1. The van der Waals surface area contributed by atoms with Crippen molar-refractivity contribution in [3.63, 3.8) is 0 Å². The van der Waals surface area contributed by atoms with Gasteiger partial charge in [0.1, 0.15) is 5.76 Å². The summed E-state index contributed by atoms with van der Waals surface area (Å²) in [7, 11) is -3.87. The summed E-state index contributed by atoms with van der Waals surface area (Å²) in [6.45, 7) is 1.64. The Kier molecular flexibility index (Phi) is 4.79. The van der Waals surface area contributed by atoms with E-state index in [1.165, 1.54) is 30.3 Å². The predicted molar refractivity (Wildman–Crippen MR) is 99.6 cm³/mol. The van der Waals surface area contributed by atoms with Crippen LogP contribution in [0.1, 0.15) is 18.6 Å². The summed E-state index contributed by atoms with van der Waals surface area (Å²) in [4.78, 5) is 24.1. The Balaban J connectivity index is 1.45. The quantitative estimate of drug-likeness (QED) is 0.637. The second-order valence-corrected chi connectivity index (χ2v) is 8.80. The van der Waals surface area contributed by atoms with Gasteiger partial charge in [-0.2, -0.15) is 0 Å². The van der Waals surface area contributed by atoms with E-state index >= 15 is 0 Å². The van der Waals surface area contributed by atoms with Gasteiger partial charge in [0, 0.05) is 11.8 Å². The van der Waals surface area contributed by atoms with Crippen LogP contribution in [0.4, 0.5) is 11.5 Å². The average Bonchev–Trinajstić information content (AvgIpc) is 3.37. The first-order valence-corrected chi connectivity index (χ1v) is 10.5. The lowest BCUT2D eigenvalue weighted by Crippen LogP contribution is -2.40. The van der Waals surface area contributed by atoms with E-state index in [-0.39, 0.29) is 10.7 Å². The normalized spacial score (nSPS) is 25.7. The van der Waals surface area contributed by atoms with Crippen LogP contribution in [0.3, 0.4) is 0 Å². The second-order valence-electron chi connectivity index (χ2n) is 7.12. The molecule has 1 aromatic heterocycles. The zero-order chi connectivity index (χ0) is 20.8. The summed E-state index contributed by atoms with van der Waals surface area (Å²) in [6.07, 6.45) is 0.440. The summed E-state index contributed by atoms with van der Waals surface area (Å²) < 4.78 is 37.5. The number of aryl methyl sites for hydroxylation is 1. The number of rotatable bonds is 6. The lowest BCUT2D eigenvalue weighted by atomic mass is 9.78. The molecule has 2 saturated heterocycles. The molecule has 10 nitrogen and oxygen atoms in total. The maximum absolute atomic E-state index is 12.6. The number of benzene rings is 1. The Labute approximate surface area is 166 Å². The van der Waals surface area contributed by atoms with Crippen LogP contribution in [-0.2, 0) is 24.3 Å². The molecule has 2 fully saturated rings. The highest BCUT2D eigenvalue weighted by Gasteiger charge is 2.55. The van der Waals surface area contributed by atoms with Gasteiger partial charge >= 0.3 is 5.97 Å². The minimum Gasteiger partial charge on any atom is -0.481 e. The Morgan fingerprint density at radius 1 is 1.14 bits per heavy atom. The molecule has 2 aromatic rings. The van der Waals surface area contributed by atoms with Gasteiger partial charge in [-0.1, -0.05) is 5.16 Å². The van der Waals surface area contributed by atoms with E-state index in [0.717, 1.165) is 0 Å². The standard InChI is InChI=1S/C18H19N3O7S/c1-9-8-14(20-28-9)21-29(25,26)11-4-2-10(3-5-11)19-17(22)15-12-6-7-13(27-12)16(15)18(23)24/h2-5,8,12-13,15-16H,6-7H2,1H3,(H,19,22)(H,20,21)(H,23,24)/t12-,13+,15+,16+/m1/s1. The molecule has 29 heavy (non-hydrogen) atoms. The monoisotopic (exact) mass is 421 g/mol. The van der Waals surface area contributed by atoms with E-state index < -0.39 is 45.9 Å². The number of fused-ring (bicyclic) bond motifs is 2. The van der Waals surface area contributed by atoms with Crippen molar-refractivity contribution in [1.82, 2.24) is 5.16 Å². The maximum atomic E-state index is 12.6. The van der Waals surface area contributed by atoms with Gasteiger partial charge in [0.2, 0.25) is 5.91 Å². The molecule has 4 rings (SSSR count). The average molecular weight is 421 g/mol. The smallest absolute Gasteiger partial charge is 0.310 e. The van der Waals surface area contributed by atoms with Crippen LogP contribution >= 0.6 is 0 Å². The predicted octanol–water partition coefficient (Wildman–Crippen LogP) is 1.60. The Morgan fingerprint density at radius 3 is 2.38 bits per heavy atom. The highest BCUT2D eigenvalue weighted by Crippen LogP contribution is 2.44. The van der Waals surface area contributed by atoms with E-state index in [0.29, 0.717) is 24.3 Å². The largest absolute Gasteiger partial charge is 0.481 e. The summed E-state index contributed by atoms with van der Waals surface area (Å²) in [5, 5.41) is 15.7. The van der Waals surface area contributed by atoms with Crippen molar-refractivity contribution in [2.45, 2.75) is 36.9 Å². The topological polar surface area (TPSA) is 148 Å². The molecule has 0 radical (unpaired) electrons. The number of amides is 1. The number of carbonyl (C=O) groups excluding carboxylic acids is 1. The fraction of sp³-hybridized carbons (Fsp3) is 0.389. The zero-order valence-electron chi connectivity index (χ0n) is 15.4. The number of nitrogens with zero attached hydrogens (tertiary/aromatic N) is 1. The molecule has 0 spiro atoms. The first kappa shape index (κ1) is 19.4. The summed E-state index contributed by atoms with van der Waals surface area (Å²) in [5.74, 6) is -2.61. The SMILES string of the molecule is Cc1cc(NS(=O)(=O)c2ccc(NC(=O)[C@@H]3[C@@H](C(=O)O)[C@@H]4CC[C@H]3O4)cc2)no1. The summed E-state index contributed by atoms with van der Waals surface area (Å²) >= 11 is 0. The van der Waals surface area contributed by atoms with Gasteiger partial charge < -0.3 is 19.7 Å². The molecule has 3 N–H and O–H groups in total. The molecule has 0 unspecified atom stereocenters. The van der Waals surface area contributed by atoms with Gasteiger partial charge in [0.25, 0.3) is 10.0 Å². The first-order chi connectivity index (χ1) is 13.7. The Hall–Kier alpha value is -2.92. The fourth-order valence-corrected chi connectivity index (χ4v) is 4.86. The van der Waals surface area contributed by atoms with E-state index in [4.69, 9.17) is 9.26 Å². The van der Waals surface area contributed by atoms with Gasteiger partial charge in [-0.05, 0) is 44.0 Å².